The maximum atomic E-state index is 13.0. The molecule has 1 aliphatic carbocycles. The highest BCUT2D eigenvalue weighted by atomic mass is 32.1. The molecule has 2 aromatic rings. The molecule has 0 spiro atoms. The van der Waals surface area contributed by atoms with E-state index in [2.05, 4.69) is 54.2 Å². The number of carbonyl (C=O) groups is 1. The van der Waals surface area contributed by atoms with Crippen LogP contribution >= 0.6 is 11.3 Å². The summed E-state index contributed by atoms with van der Waals surface area (Å²) in [6, 6.07) is 11.3. The summed E-state index contributed by atoms with van der Waals surface area (Å²) >= 11 is 1.68. The Morgan fingerprint density at radius 3 is 2.83 bits per heavy atom. The number of amides is 1. The number of likely N-dealkylation sites (N-methyl/N-ethyl adjacent to an activating group) is 1. The van der Waals surface area contributed by atoms with E-state index >= 15 is 0 Å². The van der Waals surface area contributed by atoms with E-state index in [1.165, 1.54) is 28.0 Å². The van der Waals surface area contributed by atoms with Crippen molar-refractivity contribution in [2.75, 3.05) is 27.2 Å². The summed E-state index contributed by atoms with van der Waals surface area (Å²) in [5.41, 5.74) is 4.09. The van der Waals surface area contributed by atoms with Crippen LogP contribution in [0.3, 0.4) is 0 Å². The Kier molecular flexibility index (Phi) is 4.19. The lowest BCUT2D eigenvalue weighted by Crippen LogP contribution is -2.47. The molecule has 1 unspecified atom stereocenters. The number of fused-ring (bicyclic) bond motifs is 3. The fourth-order valence-corrected chi connectivity index (χ4v) is 5.13. The van der Waals surface area contributed by atoms with Crippen molar-refractivity contribution in [3.63, 3.8) is 0 Å². The molecule has 1 fully saturated rings. The largest absolute Gasteiger partial charge is 0.336 e. The number of hydrogen-bond acceptors (Lipinski definition) is 3. The second kappa shape index (κ2) is 6.34. The van der Waals surface area contributed by atoms with Gasteiger partial charge in [-0.05, 0) is 62.5 Å². The number of benzene rings is 1. The van der Waals surface area contributed by atoms with Crippen LogP contribution in [0.25, 0.3) is 10.4 Å². The van der Waals surface area contributed by atoms with Crippen LogP contribution in [0.2, 0.25) is 0 Å². The Bertz CT molecular complexity index is 765. The lowest BCUT2D eigenvalue weighted by molar-refractivity contribution is 0.0640. The first-order valence-corrected chi connectivity index (χ1v) is 9.62. The number of carbonyl (C=O) groups excluding carboxylic acids is 1. The molecule has 0 saturated carbocycles. The Balaban J connectivity index is 1.60. The fourth-order valence-electron chi connectivity index (χ4n) is 3.89. The zero-order valence-corrected chi connectivity index (χ0v) is 15.2. The molecular weight excluding hydrogens is 316 g/mol. The van der Waals surface area contributed by atoms with E-state index < -0.39 is 0 Å². The maximum Gasteiger partial charge on any atom is 0.264 e. The predicted molar refractivity (Wildman–Crippen MR) is 99.8 cm³/mol. The maximum absolute atomic E-state index is 13.0. The van der Waals surface area contributed by atoms with Crippen LogP contribution in [0.5, 0.6) is 0 Å². The predicted octanol–water partition coefficient (Wildman–Crippen LogP) is 3.68. The third-order valence-electron chi connectivity index (χ3n) is 5.36. The molecule has 4 rings (SSSR count). The van der Waals surface area contributed by atoms with E-state index in [1.807, 2.05) is 0 Å². The third-order valence-corrected chi connectivity index (χ3v) is 6.56. The van der Waals surface area contributed by atoms with Crippen LogP contribution in [0, 0.1) is 0 Å². The first-order valence-electron chi connectivity index (χ1n) is 8.80. The van der Waals surface area contributed by atoms with Gasteiger partial charge >= 0.3 is 0 Å². The molecule has 24 heavy (non-hydrogen) atoms. The highest BCUT2D eigenvalue weighted by Crippen LogP contribution is 2.40. The Labute approximate surface area is 147 Å². The standard InChI is InChI=1S/C20H24N2OS/c1-21(2)16-7-5-11-22(13-16)20(23)18-12-15-10-9-14-6-3-4-8-17(14)19(15)24-18/h3-4,6,8,12,16H,5,7,9-11,13H2,1-2H3. The van der Waals surface area contributed by atoms with Gasteiger partial charge in [0, 0.05) is 24.0 Å². The lowest BCUT2D eigenvalue weighted by atomic mass is 9.91. The van der Waals surface area contributed by atoms with Crippen LogP contribution in [-0.4, -0.2) is 48.9 Å². The Morgan fingerprint density at radius 1 is 1.21 bits per heavy atom. The zero-order chi connectivity index (χ0) is 16.7. The summed E-state index contributed by atoms with van der Waals surface area (Å²) in [4.78, 5) is 19.5. The second-order valence-corrected chi connectivity index (χ2v) is 8.19. The summed E-state index contributed by atoms with van der Waals surface area (Å²) in [6.07, 6.45) is 4.42. The molecule has 0 radical (unpaired) electrons. The van der Waals surface area contributed by atoms with E-state index in [9.17, 15) is 4.79 Å². The molecule has 3 nitrogen and oxygen atoms in total. The minimum Gasteiger partial charge on any atom is -0.336 e. The fraction of sp³-hybridized carbons (Fsp3) is 0.450. The smallest absolute Gasteiger partial charge is 0.264 e. The molecule has 1 aromatic carbocycles. The van der Waals surface area contributed by atoms with Crippen molar-refractivity contribution >= 4 is 17.2 Å². The molecule has 1 saturated heterocycles. The minimum atomic E-state index is 0.221. The average molecular weight is 340 g/mol. The van der Waals surface area contributed by atoms with Crippen molar-refractivity contribution in [2.24, 2.45) is 0 Å². The lowest BCUT2D eigenvalue weighted by Gasteiger charge is -2.35. The Morgan fingerprint density at radius 2 is 2.00 bits per heavy atom. The first-order chi connectivity index (χ1) is 11.6. The SMILES string of the molecule is CN(C)C1CCCN(C(=O)c2cc3c(s2)-c2ccccc2CC3)C1. The van der Waals surface area contributed by atoms with Crippen LogP contribution in [0.4, 0.5) is 0 Å². The second-order valence-electron chi connectivity index (χ2n) is 7.13. The number of hydrogen-bond donors (Lipinski definition) is 0. The van der Waals surface area contributed by atoms with E-state index in [0.717, 1.165) is 37.2 Å². The van der Waals surface area contributed by atoms with E-state index in [1.54, 1.807) is 11.3 Å². The number of piperidine rings is 1. The van der Waals surface area contributed by atoms with Gasteiger partial charge in [-0.15, -0.1) is 11.3 Å². The van der Waals surface area contributed by atoms with Crippen LogP contribution < -0.4 is 0 Å². The molecule has 1 aliphatic heterocycles. The normalized spacial score (nSPS) is 20.0. The summed E-state index contributed by atoms with van der Waals surface area (Å²) in [5, 5.41) is 0. The van der Waals surface area contributed by atoms with Crippen LogP contribution in [-0.2, 0) is 12.8 Å². The van der Waals surface area contributed by atoms with Crippen molar-refractivity contribution in [2.45, 2.75) is 31.7 Å². The quantitative estimate of drug-likeness (QED) is 0.832. The molecular formula is C20H24N2OS. The third kappa shape index (κ3) is 2.78. The van der Waals surface area contributed by atoms with Gasteiger partial charge in [0.05, 0.1) is 4.88 Å². The molecule has 4 heteroatoms. The van der Waals surface area contributed by atoms with Crippen molar-refractivity contribution in [3.05, 3.63) is 46.3 Å². The van der Waals surface area contributed by atoms with Gasteiger partial charge in [-0.25, -0.2) is 0 Å². The molecule has 1 atom stereocenters. The summed E-state index contributed by atoms with van der Waals surface area (Å²) < 4.78 is 0. The van der Waals surface area contributed by atoms with E-state index in [0.29, 0.717) is 6.04 Å². The molecule has 1 aromatic heterocycles. The molecule has 0 bridgehead atoms. The van der Waals surface area contributed by atoms with Crippen molar-refractivity contribution in [1.29, 1.82) is 0 Å². The molecule has 2 aliphatic rings. The van der Waals surface area contributed by atoms with Gasteiger partial charge in [0.25, 0.3) is 5.91 Å². The van der Waals surface area contributed by atoms with E-state index in [-0.39, 0.29) is 5.91 Å². The number of aryl methyl sites for hydroxylation is 2. The molecule has 1 amide bonds. The van der Waals surface area contributed by atoms with Gasteiger partial charge in [-0.3, -0.25) is 4.79 Å². The Hall–Kier alpha value is -1.65. The number of nitrogens with zero attached hydrogens (tertiary/aromatic N) is 2. The summed E-state index contributed by atoms with van der Waals surface area (Å²) in [6.45, 7) is 1.74. The van der Waals surface area contributed by atoms with Gasteiger partial charge in [0.1, 0.15) is 0 Å². The monoisotopic (exact) mass is 340 g/mol. The highest BCUT2D eigenvalue weighted by molar-refractivity contribution is 7.17. The van der Waals surface area contributed by atoms with Crippen molar-refractivity contribution in [3.8, 4) is 10.4 Å². The van der Waals surface area contributed by atoms with Crippen molar-refractivity contribution in [1.82, 2.24) is 9.80 Å². The van der Waals surface area contributed by atoms with Gasteiger partial charge in [-0.1, -0.05) is 24.3 Å². The summed E-state index contributed by atoms with van der Waals surface area (Å²) in [5.74, 6) is 0.221. The van der Waals surface area contributed by atoms with Gasteiger partial charge in [-0.2, -0.15) is 0 Å². The van der Waals surface area contributed by atoms with Crippen LogP contribution in [0.1, 0.15) is 33.6 Å². The summed E-state index contributed by atoms with van der Waals surface area (Å²) in [7, 11) is 4.22. The van der Waals surface area contributed by atoms with Crippen LogP contribution in [0.15, 0.2) is 30.3 Å². The number of rotatable bonds is 2. The highest BCUT2D eigenvalue weighted by Gasteiger charge is 2.28. The topological polar surface area (TPSA) is 23.6 Å². The minimum absolute atomic E-state index is 0.221. The number of thiophene rings is 1. The average Bonchev–Trinajstić information content (AvgIpc) is 3.06. The van der Waals surface area contributed by atoms with Crippen molar-refractivity contribution < 1.29 is 4.79 Å². The van der Waals surface area contributed by atoms with Gasteiger partial charge in [0.2, 0.25) is 0 Å². The molecule has 2 heterocycles. The molecule has 126 valence electrons. The van der Waals surface area contributed by atoms with Gasteiger partial charge in [0.15, 0.2) is 0 Å². The number of likely N-dealkylation sites (tertiary alicyclic amines) is 1. The zero-order valence-electron chi connectivity index (χ0n) is 14.4. The van der Waals surface area contributed by atoms with E-state index in [4.69, 9.17) is 0 Å². The first kappa shape index (κ1) is 15.9. The van der Waals surface area contributed by atoms with Gasteiger partial charge < -0.3 is 9.80 Å². The molecule has 0 N–H and O–H groups in total.